The summed E-state index contributed by atoms with van der Waals surface area (Å²) < 4.78 is 22.0. The molecule has 0 aromatic carbocycles. The molecule has 0 aliphatic heterocycles. The van der Waals surface area contributed by atoms with Crippen LogP contribution in [0.25, 0.3) is 0 Å². The van der Waals surface area contributed by atoms with Crippen molar-refractivity contribution in [2.75, 3.05) is 27.9 Å². The van der Waals surface area contributed by atoms with Crippen molar-refractivity contribution in [1.82, 2.24) is 0 Å². The average Bonchev–Trinajstić information content (AvgIpc) is 2.70. The molecule has 0 aromatic rings. The lowest BCUT2D eigenvalue weighted by Gasteiger charge is -2.35. The Kier molecular flexibility index (Phi) is 15.4. The Balaban J connectivity index is 4.84. The smallest absolute Gasteiger partial charge is 0.333 e. The molecule has 0 saturated heterocycles. The highest BCUT2D eigenvalue weighted by molar-refractivity contribution is 5.86. The zero-order chi connectivity index (χ0) is 21.4. The predicted molar refractivity (Wildman–Crippen MR) is 114 cm³/mol. The van der Waals surface area contributed by atoms with Crippen molar-refractivity contribution in [2.45, 2.75) is 91.0 Å². The molecule has 0 radical (unpaired) electrons. The molecule has 2 unspecified atom stereocenters. The fourth-order valence-electron chi connectivity index (χ4n) is 3.74. The van der Waals surface area contributed by atoms with E-state index in [9.17, 15) is 4.79 Å². The van der Waals surface area contributed by atoms with Gasteiger partial charge in [0.2, 0.25) is 0 Å². The van der Waals surface area contributed by atoms with Crippen molar-refractivity contribution in [1.29, 1.82) is 0 Å². The Labute approximate surface area is 173 Å². The molecule has 0 amide bonds. The Morgan fingerprint density at radius 2 is 1.46 bits per heavy atom. The first-order chi connectivity index (χ1) is 13.4. The first-order valence-electron chi connectivity index (χ1n) is 10.9. The predicted octanol–water partition coefficient (Wildman–Crippen LogP) is 5.87. The van der Waals surface area contributed by atoms with E-state index in [-0.39, 0.29) is 5.97 Å². The molecule has 0 rings (SSSR count). The molecular weight excluding hydrogens is 356 g/mol. The van der Waals surface area contributed by atoms with Crippen molar-refractivity contribution >= 4 is 5.97 Å². The minimum absolute atomic E-state index is 0.308. The molecule has 5 heteroatoms. The summed E-state index contributed by atoms with van der Waals surface area (Å²) >= 11 is 0. The number of methoxy groups -OCH3 is 3. The van der Waals surface area contributed by atoms with Crippen molar-refractivity contribution in [3.8, 4) is 0 Å². The molecule has 0 bridgehead atoms. The van der Waals surface area contributed by atoms with E-state index >= 15 is 0 Å². The Hall–Kier alpha value is -0.910. The summed E-state index contributed by atoms with van der Waals surface area (Å²) in [5.74, 6) is -0.357. The molecule has 0 aliphatic rings. The summed E-state index contributed by atoms with van der Waals surface area (Å²) in [6.07, 6.45) is 11.1. The van der Waals surface area contributed by atoms with Gasteiger partial charge in [0.1, 0.15) is 0 Å². The summed E-state index contributed by atoms with van der Waals surface area (Å²) in [7, 11) is 4.88. The van der Waals surface area contributed by atoms with Gasteiger partial charge in [0, 0.05) is 33.3 Å². The lowest BCUT2D eigenvalue weighted by molar-refractivity contribution is -0.361. The lowest BCUT2D eigenvalue weighted by atomic mass is 9.80. The van der Waals surface area contributed by atoms with Gasteiger partial charge in [-0.1, -0.05) is 59.0 Å². The van der Waals surface area contributed by atoms with E-state index in [0.717, 1.165) is 25.7 Å². The van der Waals surface area contributed by atoms with Crippen molar-refractivity contribution in [3.05, 3.63) is 12.2 Å². The van der Waals surface area contributed by atoms with E-state index in [2.05, 4.69) is 20.4 Å². The maximum atomic E-state index is 11.6. The molecule has 0 N–H and O–H groups in total. The topological polar surface area (TPSA) is 54.0 Å². The summed E-state index contributed by atoms with van der Waals surface area (Å²) in [6.45, 7) is 10.2. The Morgan fingerprint density at radius 1 is 0.893 bits per heavy atom. The number of hydrogen-bond acceptors (Lipinski definition) is 5. The molecular formula is C23H44O5. The monoisotopic (exact) mass is 400 g/mol. The molecule has 166 valence electrons. The van der Waals surface area contributed by atoms with Crippen LogP contribution in [0, 0.1) is 11.8 Å². The summed E-state index contributed by atoms with van der Waals surface area (Å²) in [5, 5.41) is 0. The number of unbranched alkanes of at least 4 members (excludes halogenated alkanes) is 4. The van der Waals surface area contributed by atoms with Gasteiger partial charge in [-0.15, -0.1) is 0 Å². The fourth-order valence-corrected chi connectivity index (χ4v) is 3.74. The third-order valence-corrected chi connectivity index (χ3v) is 5.62. The van der Waals surface area contributed by atoms with Gasteiger partial charge in [-0.3, -0.25) is 0 Å². The molecule has 5 nitrogen and oxygen atoms in total. The summed E-state index contributed by atoms with van der Waals surface area (Å²) in [5.41, 5.74) is 0.446. The van der Waals surface area contributed by atoms with Gasteiger partial charge in [-0.2, -0.15) is 0 Å². The van der Waals surface area contributed by atoms with Crippen LogP contribution < -0.4 is 0 Å². The van der Waals surface area contributed by atoms with Crippen LogP contribution in [-0.4, -0.2) is 39.9 Å². The lowest BCUT2D eigenvalue weighted by Crippen LogP contribution is -2.39. The molecule has 0 saturated carbocycles. The second-order valence-electron chi connectivity index (χ2n) is 7.69. The van der Waals surface area contributed by atoms with Crippen LogP contribution in [-0.2, 0) is 23.7 Å². The van der Waals surface area contributed by atoms with Crippen LogP contribution >= 0.6 is 0 Å². The zero-order valence-corrected chi connectivity index (χ0v) is 19.2. The van der Waals surface area contributed by atoms with E-state index in [4.69, 9.17) is 18.9 Å². The van der Waals surface area contributed by atoms with Crippen LogP contribution in [0.5, 0.6) is 0 Å². The van der Waals surface area contributed by atoms with E-state index in [1.807, 2.05) is 0 Å². The van der Waals surface area contributed by atoms with Gasteiger partial charge in [0.15, 0.2) is 0 Å². The number of hydrogen-bond donors (Lipinski definition) is 0. The van der Waals surface area contributed by atoms with E-state index in [1.165, 1.54) is 32.1 Å². The molecule has 0 aromatic heterocycles. The number of carbonyl (C=O) groups excluding carboxylic acids is 1. The normalized spacial score (nSPS) is 13.9. The summed E-state index contributed by atoms with van der Waals surface area (Å²) in [4.78, 5) is 11.6. The number of rotatable bonds is 18. The van der Waals surface area contributed by atoms with Gasteiger partial charge in [0.25, 0.3) is 5.97 Å². The largest absolute Gasteiger partial charge is 0.462 e. The SMILES string of the molecule is C=C(C)C(=O)OCCCC(CC)C(CCCCCCC)CC(OC)(OC)OC. The third-order valence-electron chi connectivity index (χ3n) is 5.62. The van der Waals surface area contributed by atoms with Gasteiger partial charge in [-0.05, 0) is 38.0 Å². The molecule has 0 fully saturated rings. The van der Waals surface area contributed by atoms with Crippen LogP contribution in [0.3, 0.4) is 0 Å². The van der Waals surface area contributed by atoms with Crippen LogP contribution in [0.4, 0.5) is 0 Å². The number of esters is 1. The minimum atomic E-state index is -0.992. The number of carbonyl (C=O) groups is 1. The Bertz CT molecular complexity index is 409. The highest BCUT2D eigenvalue weighted by Gasteiger charge is 2.35. The first kappa shape index (κ1) is 27.1. The van der Waals surface area contributed by atoms with Gasteiger partial charge < -0.3 is 18.9 Å². The van der Waals surface area contributed by atoms with E-state index in [0.29, 0.717) is 30.4 Å². The second kappa shape index (κ2) is 15.9. The molecule has 28 heavy (non-hydrogen) atoms. The first-order valence-corrected chi connectivity index (χ1v) is 10.9. The van der Waals surface area contributed by atoms with Crippen molar-refractivity contribution < 1.29 is 23.7 Å². The van der Waals surface area contributed by atoms with Gasteiger partial charge >= 0.3 is 5.97 Å². The highest BCUT2D eigenvalue weighted by Crippen LogP contribution is 2.35. The Morgan fingerprint density at radius 3 is 1.96 bits per heavy atom. The van der Waals surface area contributed by atoms with Crippen LogP contribution in [0.1, 0.15) is 85.0 Å². The van der Waals surface area contributed by atoms with Crippen molar-refractivity contribution in [3.63, 3.8) is 0 Å². The molecule has 0 aliphatic carbocycles. The number of ether oxygens (including phenoxy) is 4. The minimum Gasteiger partial charge on any atom is -0.462 e. The van der Waals surface area contributed by atoms with Gasteiger partial charge in [-0.25, -0.2) is 4.79 Å². The highest BCUT2D eigenvalue weighted by atomic mass is 16.9. The van der Waals surface area contributed by atoms with Crippen LogP contribution in [0.15, 0.2) is 12.2 Å². The van der Waals surface area contributed by atoms with Crippen LogP contribution in [0.2, 0.25) is 0 Å². The zero-order valence-electron chi connectivity index (χ0n) is 19.2. The quantitative estimate of drug-likeness (QED) is 0.125. The second-order valence-corrected chi connectivity index (χ2v) is 7.69. The maximum Gasteiger partial charge on any atom is 0.333 e. The van der Waals surface area contributed by atoms with E-state index < -0.39 is 5.97 Å². The molecule has 2 atom stereocenters. The maximum absolute atomic E-state index is 11.6. The van der Waals surface area contributed by atoms with E-state index in [1.54, 1.807) is 28.3 Å². The fraction of sp³-hybridized carbons (Fsp3) is 0.870. The van der Waals surface area contributed by atoms with Gasteiger partial charge in [0.05, 0.1) is 6.61 Å². The van der Waals surface area contributed by atoms with Crippen molar-refractivity contribution in [2.24, 2.45) is 11.8 Å². The summed E-state index contributed by atoms with van der Waals surface area (Å²) in [6, 6.07) is 0. The standard InChI is InChI=1S/C23H44O5/c1-8-10-11-12-13-15-21(18-23(25-5,26-6)27-7)20(9-2)16-14-17-28-22(24)19(3)4/h20-21H,3,8-18H2,1-2,4-7H3. The third kappa shape index (κ3) is 10.6. The molecule has 0 spiro atoms. The average molecular weight is 401 g/mol. The molecule has 0 heterocycles.